The first-order valence-corrected chi connectivity index (χ1v) is 7.45. The van der Waals surface area contributed by atoms with Gasteiger partial charge in [-0.15, -0.1) is 24.0 Å². The van der Waals surface area contributed by atoms with E-state index < -0.39 is 0 Å². The fourth-order valence-electron chi connectivity index (χ4n) is 3.17. The molecular formula is C15H32IN3. The lowest BCUT2D eigenvalue weighted by atomic mass is 9.78. The van der Waals surface area contributed by atoms with Crippen LogP contribution in [0.15, 0.2) is 4.99 Å². The second-order valence-electron chi connectivity index (χ2n) is 6.37. The van der Waals surface area contributed by atoms with Gasteiger partial charge in [-0.25, -0.2) is 0 Å². The lowest BCUT2D eigenvalue weighted by Gasteiger charge is -2.30. The molecule has 0 amide bonds. The minimum atomic E-state index is 0. The molecule has 114 valence electrons. The van der Waals surface area contributed by atoms with E-state index in [-0.39, 0.29) is 24.0 Å². The van der Waals surface area contributed by atoms with Gasteiger partial charge in [0.2, 0.25) is 0 Å². The summed E-state index contributed by atoms with van der Waals surface area (Å²) in [6.07, 6.45) is 6.83. The average Bonchev–Trinajstić information content (AvgIpc) is 2.71. The molecule has 0 unspecified atom stereocenters. The molecule has 3 nitrogen and oxygen atoms in total. The molecule has 0 aromatic rings. The van der Waals surface area contributed by atoms with Crippen molar-refractivity contribution in [1.29, 1.82) is 0 Å². The fourth-order valence-corrected chi connectivity index (χ4v) is 3.17. The molecule has 0 radical (unpaired) electrons. The van der Waals surface area contributed by atoms with Crippen LogP contribution in [0.25, 0.3) is 0 Å². The minimum Gasteiger partial charge on any atom is -0.357 e. The number of guanidine groups is 1. The molecule has 0 bridgehead atoms. The van der Waals surface area contributed by atoms with Crippen LogP contribution in [-0.2, 0) is 0 Å². The summed E-state index contributed by atoms with van der Waals surface area (Å²) in [5, 5.41) is 3.35. The molecule has 1 N–H and O–H groups in total. The maximum Gasteiger partial charge on any atom is 0.193 e. The highest BCUT2D eigenvalue weighted by Gasteiger charge is 2.34. The quantitative estimate of drug-likeness (QED) is 0.446. The zero-order valence-corrected chi connectivity index (χ0v) is 15.7. The number of halogens is 1. The predicted molar refractivity (Wildman–Crippen MR) is 95.4 cm³/mol. The van der Waals surface area contributed by atoms with Gasteiger partial charge < -0.3 is 10.2 Å². The fraction of sp³-hybridized carbons (Fsp3) is 0.933. The summed E-state index contributed by atoms with van der Waals surface area (Å²) in [6.45, 7) is 8.72. The monoisotopic (exact) mass is 381 g/mol. The van der Waals surface area contributed by atoms with E-state index in [0.29, 0.717) is 5.41 Å². The number of nitrogens with zero attached hydrogens (tertiary/aromatic N) is 2. The van der Waals surface area contributed by atoms with Crippen LogP contribution in [0.1, 0.15) is 52.9 Å². The summed E-state index contributed by atoms with van der Waals surface area (Å²) >= 11 is 0. The SMILES string of the molecule is CCNC(=NCC1(CC(C)C)CCCC1)N(C)C.I. The Kier molecular flexibility index (Phi) is 9.03. The van der Waals surface area contributed by atoms with Crippen LogP contribution in [0.3, 0.4) is 0 Å². The summed E-state index contributed by atoms with van der Waals surface area (Å²) in [6, 6.07) is 0. The molecule has 1 aliphatic carbocycles. The van der Waals surface area contributed by atoms with Gasteiger partial charge >= 0.3 is 0 Å². The first kappa shape index (κ1) is 19.0. The average molecular weight is 381 g/mol. The van der Waals surface area contributed by atoms with Gasteiger partial charge in [-0.2, -0.15) is 0 Å². The third-order valence-corrected chi connectivity index (χ3v) is 3.83. The summed E-state index contributed by atoms with van der Waals surface area (Å²) in [5.74, 6) is 1.81. The standard InChI is InChI=1S/C15H31N3.HI/c1-6-16-14(18(4)5)17-12-15(11-13(2)3)9-7-8-10-15;/h13H,6-12H2,1-5H3,(H,16,17);1H. The Morgan fingerprint density at radius 1 is 1.26 bits per heavy atom. The Labute approximate surface area is 136 Å². The van der Waals surface area contributed by atoms with Crippen LogP contribution in [0.5, 0.6) is 0 Å². The minimum absolute atomic E-state index is 0. The van der Waals surface area contributed by atoms with E-state index >= 15 is 0 Å². The van der Waals surface area contributed by atoms with Crippen molar-refractivity contribution in [2.24, 2.45) is 16.3 Å². The van der Waals surface area contributed by atoms with E-state index in [9.17, 15) is 0 Å². The first-order chi connectivity index (χ1) is 8.49. The predicted octanol–water partition coefficient (Wildman–Crippen LogP) is 3.74. The zero-order chi connectivity index (χ0) is 13.6. The van der Waals surface area contributed by atoms with E-state index in [0.717, 1.165) is 25.0 Å². The van der Waals surface area contributed by atoms with Gasteiger partial charge in [0.05, 0.1) is 0 Å². The van der Waals surface area contributed by atoms with Crippen molar-refractivity contribution in [3.63, 3.8) is 0 Å². The molecule has 19 heavy (non-hydrogen) atoms. The van der Waals surface area contributed by atoms with Crippen LogP contribution >= 0.6 is 24.0 Å². The summed E-state index contributed by atoms with van der Waals surface area (Å²) in [7, 11) is 4.12. The van der Waals surface area contributed by atoms with E-state index in [1.807, 2.05) is 0 Å². The third-order valence-electron chi connectivity index (χ3n) is 3.83. The van der Waals surface area contributed by atoms with Gasteiger partial charge in [0.25, 0.3) is 0 Å². The normalized spacial score (nSPS) is 18.3. The highest BCUT2D eigenvalue weighted by molar-refractivity contribution is 14.0. The molecule has 0 aromatic heterocycles. The van der Waals surface area contributed by atoms with Gasteiger partial charge in [-0.3, -0.25) is 4.99 Å². The smallest absolute Gasteiger partial charge is 0.193 e. The van der Waals surface area contributed by atoms with Crippen molar-refractivity contribution >= 4 is 29.9 Å². The second kappa shape index (κ2) is 9.03. The number of nitrogens with one attached hydrogen (secondary N) is 1. The third kappa shape index (κ3) is 6.32. The summed E-state index contributed by atoms with van der Waals surface area (Å²) in [5.41, 5.74) is 0.477. The van der Waals surface area contributed by atoms with E-state index in [1.165, 1.54) is 32.1 Å². The Morgan fingerprint density at radius 2 is 1.84 bits per heavy atom. The van der Waals surface area contributed by atoms with Crippen LogP contribution in [0.2, 0.25) is 0 Å². The largest absolute Gasteiger partial charge is 0.357 e. The van der Waals surface area contributed by atoms with Gasteiger partial charge in [0, 0.05) is 27.2 Å². The van der Waals surface area contributed by atoms with Crippen LogP contribution < -0.4 is 5.32 Å². The Balaban J connectivity index is 0.00000324. The molecule has 1 aliphatic rings. The maximum atomic E-state index is 4.85. The summed E-state index contributed by atoms with van der Waals surface area (Å²) < 4.78 is 0. The van der Waals surface area contributed by atoms with Crippen LogP contribution in [0, 0.1) is 11.3 Å². The van der Waals surface area contributed by atoms with E-state index in [1.54, 1.807) is 0 Å². The van der Waals surface area contributed by atoms with Gasteiger partial charge in [-0.05, 0) is 37.5 Å². The molecule has 0 aliphatic heterocycles. The molecular weight excluding hydrogens is 349 g/mol. The lowest BCUT2D eigenvalue weighted by Crippen LogP contribution is -2.37. The van der Waals surface area contributed by atoms with Crippen molar-refractivity contribution < 1.29 is 0 Å². The molecule has 1 fully saturated rings. The highest BCUT2D eigenvalue weighted by Crippen LogP contribution is 2.43. The van der Waals surface area contributed by atoms with E-state index in [4.69, 9.17) is 4.99 Å². The van der Waals surface area contributed by atoms with Crippen molar-refractivity contribution in [3.8, 4) is 0 Å². The molecule has 1 rings (SSSR count). The first-order valence-electron chi connectivity index (χ1n) is 7.45. The maximum absolute atomic E-state index is 4.85. The van der Waals surface area contributed by atoms with Crippen molar-refractivity contribution in [2.75, 3.05) is 27.2 Å². The Bertz CT molecular complexity index is 269. The molecule has 0 atom stereocenters. The van der Waals surface area contributed by atoms with Crippen molar-refractivity contribution in [1.82, 2.24) is 10.2 Å². The number of aliphatic imine (C=N–C) groups is 1. The lowest BCUT2D eigenvalue weighted by molar-refractivity contribution is 0.244. The number of hydrogen-bond acceptors (Lipinski definition) is 1. The van der Waals surface area contributed by atoms with Crippen LogP contribution in [0.4, 0.5) is 0 Å². The molecule has 0 saturated heterocycles. The highest BCUT2D eigenvalue weighted by atomic mass is 127. The Hall–Kier alpha value is 0. The molecule has 4 heteroatoms. The molecule has 1 saturated carbocycles. The van der Waals surface area contributed by atoms with Crippen LogP contribution in [-0.4, -0.2) is 38.0 Å². The Morgan fingerprint density at radius 3 is 2.26 bits per heavy atom. The van der Waals surface area contributed by atoms with Crippen molar-refractivity contribution in [2.45, 2.75) is 52.9 Å². The van der Waals surface area contributed by atoms with Gasteiger partial charge in [0.1, 0.15) is 0 Å². The molecule has 0 aromatic carbocycles. The van der Waals surface area contributed by atoms with Gasteiger partial charge in [-0.1, -0.05) is 26.7 Å². The molecule has 0 heterocycles. The zero-order valence-electron chi connectivity index (χ0n) is 13.3. The van der Waals surface area contributed by atoms with Crippen molar-refractivity contribution in [3.05, 3.63) is 0 Å². The number of hydrogen-bond donors (Lipinski definition) is 1. The topological polar surface area (TPSA) is 27.6 Å². The second-order valence-corrected chi connectivity index (χ2v) is 6.37. The van der Waals surface area contributed by atoms with Gasteiger partial charge in [0.15, 0.2) is 5.96 Å². The summed E-state index contributed by atoms with van der Waals surface area (Å²) in [4.78, 5) is 6.94. The molecule has 0 spiro atoms. The van der Waals surface area contributed by atoms with E-state index in [2.05, 4.69) is 45.1 Å². The number of rotatable bonds is 5.